The van der Waals surface area contributed by atoms with Crippen LogP contribution in [0.5, 0.6) is 5.75 Å². The van der Waals surface area contributed by atoms with E-state index in [0.717, 1.165) is 0 Å². The Hall–Kier alpha value is -2.80. The minimum atomic E-state index is -1.14. The van der Waals surface area contributed by atoms with Gasteiger partial charge in [0.2, 0.25) is 5.91 Å². The molecule has 7 heteroatoms. The molecule has 0 aliphatic rings. The Morgan fingerprint density at radius 2 is 1.95 bits per heavy atom. The van der Waals surface area contributed by atoms with E-state index in [-0.39, 0.29) is 24.4 Å². The maximum atomic E-state index is 11.9. The Morgan fingerprint density at radius 1 is 1.18 bits per heavy atom. The fraction of sp³-hybridized carbons (Fsp3) is 0.200. The lowest BCUT2D eigenvalue weighted by Gasteiger charge is -2.14. The first-order chi connectivity index (χ1) is 10.6. The highest BCUT2D eigenvalue weighted by molar-refractivity contribution is 5.95. The Bertz CT molecular complexity index is 639. The first kappa shape index (κ1) is 15.6. The number of phenolic OH excluding ortho intramolecular Hbond substituents is 1. The van der Waals surface area contributed by atoms with Crippen molar-refractivity contribution in [3.63, 3.8) is 0 Å². The number of carboxylic acid groups (broad SMARTS) is 1. The maximum absolute atomic E-state index is 11.9. The van der Waals surface area contributed by atoms with Gasteiger partial charge in [0, 0.05) is 0 Å². The number of anilines is 1. The zero-order valence-corrected chi connectivity index (χ0v) is 11.7. The van der Waals surface area contributed by atoms with Gasteiger partial charge >= 0.3 is 5.97 Å². The fourth-order valence-electron chi connectivity index (χ4n) is 1.85. The van der Waals surface area contributed by atoms with E-state index in [1.807, 2.05) is 0 Å². The third kappa shape index (κ3) is 4.35. The number of rotatable bonds is 7. The van der Waals surface area contributed by atoms with E-state index in [9.17, 15) is 14.7 Å². The first-order valence-corrected chi connectivity index (χ1v) is 6.62. The second-order valence-corrected chi connectivity index (χ2v) is 4.62. The van der Waals surface area contributed by atoms with Crippen LogP contribution in [0.1, 0.15) is 12.2 Å². The molecule has 1 atom stereocenters. The van der Waals surface area contributed by atoms with Gasteiger partial charge < -0.3 is 19.9 Å². The first-order valence-electron chi connectivity index (χ1n) is 6.62. The van der Waals surface area contributed by atoms with Crippen LogP contribution in [-0.4, -0.2) is 28.1 Å². The number of carboxylic acids is 1. The van der Waals surface area contributed by atoms with Gasteiger partial charge in [0.1, 0.15) is 17.6 Å². The fourth-order valence-corrected chi connectivity index (χ4v) is 1.85. The molecule has 1 amide bonds. The summed E-state index contributed by atoms with van der Waals surface area (Å²) in [6.07, 6.45) is 1.21. The molecule has 4 N–H and O–H groups in total. The smallest absolute Gasteiger partial charge is 0.321 e. The lowest BCUT2D eigenvalue weighted by atomic mass is 10.2. The normalized spacial score (nSPS) is 11.8. The molecular formula is C15H16N2O5. The van der Waals surface area contributed by atoms with Crippen molar-refractivity contribution in [2.75, 3.05) is 5.32 Å². The summed E-state index contributed by atoms with van der Waals surface area (Å²) < 4.78 is 5.09. The highest BCUT2D eigenvalue weighted by atomic mass is 16.4. The van der Waals surface area contributed by atoms with Gasteiger partial charge in [-0.15, -0.1) is 0 Å². The molecule has 22 heavy (non-hydrogen) atoms. The number of aliphatic carboxylic acids is 1. The average molecular weight is 304 g/mol. The summed E-state index contributed by atoms with van der Waals surface area (Å²) in [7, 11) is 0. The molecule has 0 saturated heterocycles. The highest BCUT2D eigenvalue weighted by Gasteiger charge is 2.21. The van der Waals surface area contributed by atoms with Gasteiger partial charge in [0.05, 0.1) is 24.9 Å². The van der Waals surface area contributed by atoms with E-state index in [2.05, 4.69) is 10.6 Å². The molecule has 2 rings (SSSR count). The Kier molecular flexibility index (Phi) is 5.16. The number of benzene rings is 1. The Labute approximate surface area is 126 Å². The van der Waals surface area contributed by atoms with Crippen molar-refractivity contribution in [2.24, 2.45) is 0 Å². The van der Waals surface area contributed by atoms with Crippen LogP contribution in [0.2, 0.25) is 0 Å². The van der Waals surface area contributed by atoms with E-state index >= 15 is 0 Å². The van der Waals surface area contributed by atoms with Crippen LogP contribution in [0.4, 0.5) is 5.69 Å². The van der Waals surface area contributed by atoms with Crippen LogP contribution in [0, 0.1) is 0 Å². The quantitative estimate of drug-likeness (QED) is 0.578. The van der Waals surface area contributed by atoms with Gasteiger partial charge in [-0.25, -0.2) is 0 Å². The predicted octanol–water partition coefficient (Wildman–Crippen LogP) is 1.56. The second-order valence-electron chi connectivity index (χ2n) is 4.62. The molecule has 0 bridgehead atoms. The second kappa shape index (κ2) is 7.28. The number of nitrogens with one attached hydrogen (secondary N) is 2. The van der Waals surface area contributed by atoms with Crippen LogP contribution in [0.3, 0.4) is 0 Å². The van der Waals surface area contributed by atoms with Crippen molar-refractivity contribution >= 4 is 17.6 Å². The topological polar surface area (TPSA) is 112 Å². The van der Waals surface area contributed by atoms with Crippen LogP contribution >= 0.6 is 0 Å². The number of carbonyl (C=O) groups excluding carboxylic acids is 1. The van der Waals surface area contributed by atoms with Crippen LogP contribution in [-0.2, 0) is 16.1 Å². The standard InChI is InChI=1S/C15H16N2O5/c18-13-6-2-1-5-11(13)17-14(19)8-12(15(20)21)16-9-10-4-3-7-22-10/h1-7,12,16,18H,8-9H2,(H,17,19)(H,20,21). The van der Waals surface area contributed by atoms with Gasteiger partial charge in [0.15, 0.2) is 0 Å². The van der Waals surface area contributed by atoms with Crippen molar-refractivity contribution in [2.45, 2.75) is 19.0 Å². The lowest BCUT2D eigenvalue weighted by Crippen LogP contribution is -2.39. The molecule has 0 fully saturated rings. The summed E-state index contributed by atoms with van der Waals surface area (Å²) in [5, 5.41) is 23.9. The largest absolute Gasteiger partial charge is 0.506 e. The van der Waals surface area contributed by atoms with E-state index in [0.29, 0.717) is 5.76 Å². The van der Waals surface area contributed by atoms with Crippen molar-refractivity contribution in [3.05, 3.63) is 48.4 Å². The van der Waals surface area contributed by atoms with Crippen LogP contribution in [0.25, 0.3) is 0 Å². The SMILES string of the molecule is O=C(CC(NCc1ccco1)C(=O)O)Nc1ccccc1O. The molecule has 0 saturated carbocycles. The molecule has 0 radical (unpaired) electrons. The molecule has 1 aromatic carbocycles. The summed E-state index contributed by atoms with van der Waals surface area (Å²) >= 11 is 0. The Morgan fingerprint density at radius 3 is 2.59 bits per heavy atom. The zero-order chi connectivity index (χ0) is 15.9. The maximum Gasteiger partial charge on any atom is 0.321 e. The molecule has 0 spiro atoms. The zero-order valence-electron chi connectivity index (χ0n) is 11.7. The highest BCUT2D eigenvalue weighted by Crippen LogP contribution is 2.21. The van der Waals surface area contributed by atoms with E-state index in [4.69, 9.17) is 9.52 Å². The number of phenols is 1. The molecule has 7 nitrogen and oxygen atoms in total. The molecule has 0 aliphatic heterocycles. The Balaban J connectivity index is 1.91. The predicted molar refractivity (Wildman–Crippen MR) is 78.3 cm³/mol. The van der Waals surface area contributed by atoms with E-state index in [1.165, 1.54) is 18.4 Å². The lowest BCUT2D eigenvalue weighted by molar-refractivity contribution is -0.141. The number of aromatic hydroxyl groups is 1. The summed E-state index contributed by atoms with van der Waals surface area (Å²) in [5.74, 6) is -1.15. The van der Waals surface area contributed by atoms with Crippen LogP contribution in [0.15, 0.2) is 47.1 Å². The van der Waals surface area contributed by atoms with Crippen molar-refractivity contribution in [1.29, 1.82) is 0 Å². The van der Waals surface area contributed by atoms with Crippen LogP contribution < -0.4 is 10.6 Å². The molecule has 2 aromatic rings. The summed E-state index contributed by atoms with van der Waals surface area (Å²) in [4.78, 5) is 23.1. The van der Waals surface area contributed by atoms with Crippen molar-refractivity contribution in [1.82, 2.24) is 5.32 Å². The van der Waals surface area contributed by atoms with Gasteiger partial charge in [-0.1, -0.05) is 12.1 Å². The van der Waals surface area contributed by atoms with E-state index < -0.39 is 17.9 Å². The number of amides is 1. The van der Waals surface area contributed by atoms with Crippen molar-refractivity contribution < 1.29 is 24.2 Å². The summed E-state index contributed by atoms with van der Waals surface area (Å²) in [6.45, 7) is 0.202. The molecule has 1 unspecified atom stereocenters. The number of carbonyl (C=O) groups is 2. The van der Waals surface area contributed by atoms with Gasteiger partial charge in [-0.3, -0.25) is 14.9 Å². The van der Waals surface area contributed by atoms with Crippen molar-refractivity contribution in [3.8, 4) is 5.75 Å². The minimum Gasteiger partial charge on any atom is -0.506 e. The summed E-state index contributed by atoms with van der Waals surface area (Å²) in [6, 6.07) is 8.57. The number of furan rings is 1. The number of hydrogen-bond donors (Lipinski definition) is 4. The summed E-state index contributed by atoms with van der Waals surface area (Å²) in [5.41, 5.74) is 0.239. The average Bonchev–Trinajstić information content (AvgIpc) is 2.99. The van der Waals surface area contributed by atoms with E-state index in [1.54, 1.807) is 24.3 Å². The third-order valence-corrected chi connectivity index (χ3v) is 2.97. The monoisotopic (exact) mass is 304 g/mol. The van der Waals surface area contributed by atoms with Gasteiger partial charge in [0.25, 0.3) is 0 Å². The number of hydrogen-bond acceptors (Lipinski definition) is 5. The molecule has 116 valence electrons. The molecule has 0 aliphatic carbocycles. The minimum absolute atomic E-state index is 0.0775. The van der Waals surface area contributed by atoms with Gasteiger partial charge in [-0.05, 0) is 24.3 Å². The molecule has 1 aromatic heterocycles. The van der Waals surface area contributed by atoms with Gasteiger partial charge in [-0.2, -0.15) is 0 Å². The molecule has 1 heterocycles. The number of para-hydroxylation sites is 2. The third-order valence-electron chi connectivity index (χ3n) is 2.97. The molecular weight excluding hydrogens is 288 g/mol.